The van der Waals surface area contributed by atoms with Gasteiger partial charge in [-0.15, -0.1) is 0 Å². The highest BCUT2D eigenvalue weighted by Crippen LogP contribution is 2.18. The highest BCUT2D eigenvalue weighted by molar-refractivity contribution is 5.17. The smallest absolute Gasteiger partial charge is 0.0240 e. The molecule has 5 rings (SSSR count). The van der Waals surface area contributed by atoms with Gasteiger partial charge in [-0.3, -0.25) is 19.6 Å². The zero-order valence-electron chi connectivity index (χ0n) is 25.6. The van der Waals surface area contributed by atoms with E-state index in [9.17, 15) is 0 Å². The Balaban J connectivity index is 1.41. The van der Waals surface area contributed by atoms with Crippen LogP contribution >= 0.6 is 0 Å². The van der Waals surface area contributed by atoms with Crippen LogP contribution in [0.4, 0.5) is 0 Å². The van der Waals surface area contributed by atoms with Gasteiger partial charge in [0, 0.05) is 77.5 Å². The highest BCUT2D eigenvalue weighted by Gasteiger charge is 2.26. The quantitative estimate of drug-likeness (QED) is 0.235. The van der Waals surface area contributed by atoms with Gasteiger partial charge in [-0.2, -0.15) is 0 Å². The number of hydrogen-bond acceptors (Lipinski definition) is 4. The molecule has 0 aromatic heterocycles. The molecule has 0 aliphatic carbocycles. The summed E-state index contributed by atoms with van der Waals surface area (Å²) in [4.78, 5) is 10.8. The van der Waals surface area contributed by atoms with Gasteiger partial charge in [-0.05, 0) is 36.1 Å². The molecule has 1 aliphatic rings. The summed E-state index contributed by atoms with van der Waals surface area (Å²) in [5, 5.41) is 0. The number of benzene rings is 4. The molecule has 0 radical (unpaired) electrons. The lowest BCUT2D eigenvalue weighted by molar-refractivity contribution is 0.0603. The van der Waals surface area contributed by atoms with E-state index in [2.05, 4.69) is 155 Å². The van der Waals surface area contributed by atoms with E-state index in [0.29, 0.717) is 12.1 Å². The molecule has 0 saturated carbocycles. The second kappa shape index (κ2) is 15.8. The molecule has 4 aromatic carbocycles. The summed E-state index contributed by atoms with van der Waals surface area (Å²) < 4.78 is 0. The lowest BCUT2D eigenvalue weighted by Crippen LogP contribution is -2.52. The van der Waals surface area contributed by atoms with Gasteiger partial charge in [0.2, 0.25) is 0 Å². The molecule has 0 N–H and O–H groups in total. The first-order valence-corrected chi connectivity index (χ1v) is 15.7. The first kappa shape index (κ1) is 30.2. The minimum absolute atomic E-state index is 0.421. The molecule has 1 aliphatic heterocycles. The van der Waals surface area contributed by atoms with E-state index in [1.54, 1.807) is 0 Å². The minimum Gasteiger partial charge on any atom is -0.297 e. The lowest BCUT2D eigenvalue weighted by Gasteiger charge is -2.41. The Morgan fingerprint density at radius 2 is 0.690 bits per heavy atom. The largest absolute Gasteiger partial charge is 0.297 e. The molecule has 0 bridgehead atoms. The first-order chi connectivity index (χ1) is 20.6. The Morgan fingerprint density at radius 1 is 0.405 bits per heavy atom. The van der Waals surface area contributed by atoms with Gasteiger partial charge in [0.05, 0.1) is 0 Å². The molecular formula is C38H48N4. The van der Waals surface area contributed by atoms with Crippen LogP contribution in [0.1, 0.15) is 36.1 Å². The van der Waals surface area contributed by atoms with Gasteiger partial charge >= 0.3 is 0 Å². The summed E-state index contributed by atoms with van der Waals surface area (Å²) in [6.45, 7) is 15.1. The normalized spacial score (nSPS) is 20.5. The maximum atomic E-state index is 2.74. The number of nitrogens with zero attached hydrogens (tertiary/aromatic N) is 4. The predicted molar refractivity (Wildman–Crippen MR) is 176 cm³/mol. The van der Waals surface area contributed by atoms with Crippen molar-refractivity contribution in [3.05, 3.63) is 144 Å². The Labute approximate surface area is 254 Å². The first-order valence-electron chi connectivity index (χ1n) is 15.7. The second-order valence-corrected chi connectivity index (χ2v) is 12.1. The fraction of sp³-hybridized carbons (Fsp3) is 0.368. The maximum Gasteiger partial charge on any atom is 0.0240 e. The van der Waals surface area contributed by atoms with E-state index in [1.807, 2.05) is 0 Å². The average molecular weight is 561 g/mol. The standard InChI is InChI=1S/C38H48N4/c1-33-27-40(30-36-17-9-4-10-18-36)25-23-39(29-35-15-7-3-8-16-35)24-26-41(31-37-19-11-5-12-20-37)28-34(2)42(33)32-38-21-13-6-14-22-38/h3-22,33-34H,23-32H2,1-2H3/t33-,34+. The SMILES string of the molecule is C[C@@H]1CN(Cc2ccccc2)CCN(Cc2ccccc2)CCN(Cc2ccccc2)C[C@H](C)N1Cc1ccccc1. The van der Waals surface area contributed by atoms with E-state index < -0.39 is 0 Å². The van der Waals surface area contributed by atoms with Gasteiger partial charge < -0.3 is 0 Å². The van der Waals surface area contributed by atoms with Gasteiger partial charge in [-0.25, -0.2) is 0 Å². The van der Waals surface area contributed by atoms with E-state index in [1.165, 1.54) is 22.3 Å². The van der Waals surface area contributed by atoms with Crippen molar-refractivity contribution < 1.29 is 0 Å². The Hall–Kier alpha value is -3.28. The predicted octanol–water partition coefficient (Wildman–Crippen LogP) is 6.79. The van der Waals surface area contributed by atoms with Crippen molar-refractivity contribution in [3.63, 3.8) is 0 Å². The van der Waals surface area contributed by atoms with Gasteiger partial charge in [0.15, 0.2) is 0 Å². The van der Waals surface area contributed by atoms with Crippen molar-refractivity contribution in [3.8, 4) is 0 Å². The van der Waals surface area contributed by atoms with E-state index >= 15 is 0 Å². The van der Waals surface area contributed by atoms with Crippen LogP contribution in [-0.2, 0) is 26.2 Å². The third-order valence-corrected chi connectivity index (χ3v) is 8.60. The molecule has 1 heterocycles. The number of rotatable bonds is 8. The van der Waals surface area contributed by atoms with Crippen LogP contribution in [0.3, 0.4) is 0 Å². The Bertz CT molecular complexity index is 1220. The maximum absolute atomic E-state index is 2.74. The molecule has 1 fully saturated rings. The van der Waals surface area contributed by atoms with E-state index in [0.717, 1.165) is 65.4 Å². The molecule has 2 atom stereocenters. The van der Waals surface area contributed by atoms with Gasteiger partial charge in [0.25, 0.3) is 0 Å². The van der Waals surface area contributed by atoms with Crippen molar-refractivity contribution in [2.45, 2.75) is 52.1 Å². The van der Waals surface area contributed by atoms with Crippen LogP contribution in [-0.4, -0.2) is 71.0 Å². The van der Waals surface area contributed by atoms with Crippen molar-refractivity contribution in [2.75, 3.05) is 39.3 Å². The summed E-state index contributed by atoms with van der Waals surface area (Å²) in [5.41, 5.74) is 5.57. The molecule has 0 amide bonds. The van der Waals surface area contributed by atoms with Crippen LogP contribution in [0.15, 0.2) is 121 Å². The summed E-state index contributed by atoms with van der Waals surface area (Å²) in [6, 6.07) is 44.9. The summed E-state index contributed by atoms with van der Waals surface area (Å²) in [5.74, 6) is 0. The fourth-order valence-corrected chi connectivity index (χ4v) is 6.33. The zero-order chi connectivity index (χ0) is 29.0. The molecule has 220 valence electrons. The molecule has 42 heavy (non-hydrogen) atoms. The number of hydrogen-bond donors (Lipinski definition) is 0. The van der Waals surface area contributed by atoms with Gasteiger partial charge in [-0.1, -0.05) is 121 Å². The molecule has 4 aromatic rings. The molecule has 1 saturated heterocycles. The second-order valence-electron chi connectivity index (χ2n) is 12.1. The van der Waals surface area contributed by atoms with Crippen molar-refractivity contribution in [1.29, 1.82) is 0 Å². The average Bonchev–Trinajstić information content (AvgIpc) is 3.02. The molecule has 4 heteroatoms. The summed E-state index contributed by atoms with van der Waals surface area (Å²) >= 11 is 0. The van der Waals surface area contributed by atoms with Crippen LogP contribution < -0.4 is 0 Å². The molecule has 4 nitrogen and oxygen atoms in total. The topological polar surface area (TPSA) is 13.0 Å². The highest BCUT2D eigenvalue weighted by atomic mass is 15.3. The van der Waals surface area contributed by atoms with Crippen molar-refractivity contribution in [1.82, 2.24) is 19.6 Å². The van der Waals surface area contributed by atoms with Crippen LogP contribution in [0.5, 0.6) is 0 Å². The third-order valence-electron chi connectivity index (χ3n) is 8.60. The van der Waals surface area contributed by atoms with Crippen LogP contribution in [0, 0.1) is 0 Å². The van der Waals surface area contributed by atoms with E-state index in [4.69, 9.17) is 0 Å². The van der Waals surface area contributed by atoms with Crippen LogP contribution in [0.25, 0.3) is 0 Å². The zero-order valence-corrected chi connectivity index (χ0v) is 25.6. The lowest BCUT2D eigenvalue weighted by atomic mass is 10.1. The summed E-state index contributed by atoms with van der Waals surface area (Å²) in [6.07, 6.45) is 0. The Kier molecular flexibility index (Phi) is 11.4. The summed E-state index contributed by atoms with van der Waals surface area (Å²) in [7, 11) is 0. The monoisotopic (exact) mass is 560 g/mol. The van der Waals surface area contributed by atoms with Gasteiger partial charge in [0.1, 0.15) is 0 Å². The van der Waals surface area contributed by atoms with E-state index in [-0.39, 0.29) is 0 Å². The minimum atomic E-state index is 0.421. The van der Waals surface area contributed by atoms with Crippen molar-refractivity contribution >= 4 is 0 Å². The van der Waals surface area contributed by atoms with Crippen molar-refractivity contribution in [2.24, 2.45) is 0 Å². The molecule has 0 spiro atoms. The fourth-order valence-electron chi connectivity index (χ4n) is 6.33. The molecule has 0 unspecified atom stereocenters. The van der Waals surface area contributed by atoms with Crippen LogP contribution in [0.2, 0.25) is 0 Å². The third kappa shape index (κ3) is 9.37. The molecular weight excluding hydrogens is 512 g/mol. The Morgan fingerprint density at radius 3 is 1.05 bits per heavy atom.